The van der Waals surface area contributed by atoms with Crippen LogP contribution in [0.1, 0.15) is 24.2 Å². The fourth-order valence-corrected chi connectivity index (χ4v) is 2.88. The van der Waals surface area contributed by atoms with Gasteiger partial charge in [-0.2, -0.15) is 13.2 Å². The van der Waals surface area contributed by atoms with Crippen LogP contribution in [0.5, 0.6) is 0 Å². The third-order valence-electron chi connectivity index (χ3n) is 4.73. The summed E-state index contributed by atoms with van der Waals surface area (Å²) in [6.07, 6.45) is -4.21. The summed E-state index contributed by atoms with van der Waals surface area (Å²) in [4.78, 5) is 16.2. The molecule has 0 unspecified atom stereocenters. The van der Waals surface area contributed by atoms with Gasteiger partial charge in [0.05, 0.1) is 12.0 Å². The number of rotatable bonds is 3. The van der Waals surface area contributed by atoms with Crippen molar-refractivity contribution in [1.29, 1.82) is 0 Å². The van der Waals surface area contributed by atoms with Gasteiger partial charge in [0.15, 0.2) is 5.60 Å². The van der Waals surface area contributed by atoms with E-state index in [1.54, 1.807) is 30.6 Å². The molecule has 1 fully saturated rings. The van der Waals surface area contributed by atoms with Gasteiger partial charge in [0.2, 0.25) is 5.91 Å². The first-order valence-electron chi connectivity index (χ1n) is 7.82. The van der Waals surface area contributed by atoms with Crippen molar-refractivity contribution in [3.05, 3.63) is 42.0 Å². The fraction of sp³-hybridized carbons (Fsp3) is 0.412. The van der Waals surface area contributed by atoms with E-state index in [1.165, 1.54) is 0 Å². The molecule has 134 valence electrons. The van der Waals surface area contributed by atoms with Gasteiger partial charge in [-0.3, -0.25) is 4.79 Å². The molecule has 25 heavy (non-hydrogen) atoms. The maximum Gasteiger partial charge on any atom is 0.417 e. The maximum absolute atomic E-state index is 12.6. The molecule has 0 radical (unpaired) electrons. The van der Waals surface area contributed by atoms with Gasteiger partial charge in [-0.05, 0) is 51.0 Å². The van der Waals surface area contributed by atoms with E-state index < -0.39 is 36.4 Å². The van der Waals surface area contributed by atoms with Crippen LogP contribution in [0.4, 0.5) is 18.9 Å². The van der Waals surface area contributed by atoms with Gasteiger partial charge in [-0.1, -0.05) is 0 Å². The number of carbonyl (C=O) groups is 1. The zero-order chi connectivity index (χ0) is 18.4. The minimum absolute atomic E-state index is 0.491. The molecule has 2 aromatic rings. The quantitative estimate of drug-likeness (QED) is 0.891. The number of nitrogens with zero attached hydrogens (tertiary/aromatic N) is 2. The van der Waals surface area contributed by atoms with E-state index >= 15 is 0 Å². The van der Waals surface area contributed by atoms with Gasteiger partial charge in [0.25, 0.3) is 0 Å². The number of anilines is 1. The standard InChI is InChI=1S/C17H18F3N3O2/c1-10-11(2)23(9-21-10)14-5-3-13(4-6-14)22-15(24)12-7-16(25,8-12)17(18,19)20/h3-6,9,12,25H,7-8H2,1-2H3,(H,22,24). The molecule has 0 aliphatic heterocycles. The lowest BCUT2D eigenvalue weighted by Gasteiger charge is -2.43. The van der Waals surface area contributed by atoms with Crippen molar-refractivity contribution in [2.45, 2.75) is 38.5 Å². The van der Waals surface area contributed by atoms with Crippen LogP contribution in [-0.4, -0.2) is 32.3 Å². The monoisotopic (exact) mass is 353 g/mol. The predicted molar refractivity (Wildman–Crippen MR) is 85.4 cm³/mol. The lowest BCUT2D eigenvalue weighted by molar-refractivity contribution is -0.295. The number of halogens is 3. The molecular formula is C17H18F3N3O2. The molecule has 3 rings (SSSR count). The number of imidazole rings is 1. The number of nitrogens with one attached hydrogen (secondary N) is 1. The predicted octanol–water partition coefficient (Wildman–Crippen LogP) is 3.13. The van der Waals surface area contributed by atoms with Crippen molar-refractivity contribution in [1.82, 2.24) is 9.55 Å². The summed E-state index contributed by atoms with van der Waals surface area (Å²) < 4.78 is 39.7. The summed E-state index contributed by atoms with van der Waals surface area (Å²) in [5.74, 6) is -1.36. The number of amides is 1. The Kier molecular flexibility index (Phi) is 4.10. The van der Waals surface area contributed by atoms with E-state index in [9.17, 15) is 23.1 Å². The van der Waals surface area contributed by atoms with Gasteiger partial charge in [-0.25, -0.2) is 4.98 Å². The molecule has 1 saturated carbocycles. The Morgan fingerprint density at radius 2 is 1.88 bits per heavy atom. The zero-order valence-electron chi connectivity index (χ0n) is 13.8. The Balaban J connectivity index is 1.63. The molecule has 1 heterocycles. The maximum atomic E-state index is 12.6. The fourth-order valence-electron chi connectivity index (χ4n) is 2.88. The molecule has 5 nitrogen and oxygen atoms in total. The summed E-state index contributed by atoms with van der Waals surface area (Å²) >= 11 is 0. The highest BCUT2D eigenvalue weighted by Gasteiger charge is 2.62. The van der Waals surface area contributed by atoms with Crippen LogP contribution in [0.15, 0.2) is 30.6 Å². The number of carbonyl (C=O) groups excluding carboxylic acids is 1. The van der Waals surface area contributed by atoms with Gasteiger partial charge in [-0.15, -0.1) is 0 Å². The minimum Gasteiger partial charge on any atom is -0.380 e. The van der Waals surface area contributed by atoms with Crippen molar-refractivity contribution < 1.29 is 23.1 Å². The van der Waals surface area contributed by atoms with E-state index in [-0.39, 0.29) is 0 Å². The van der Waals surface area contributed by atoms with Crippen LogP contribution in [-0.2, 0) is 4.79 Å². The largest absolute Gasteiger partial charge is 0.417 e. The first-order valence-corrected chi connectivity index (χ1v) is 7.82. The van der Waals surface area contributed by atoms with E-state index in [0.717, 1.165) is 17.1 Å². The van der Waals surface area contributed by atoms with E-state index in [4.69, 9.17) is 0 Å². The van der Waals surface area contributed by atoms with E-state index in [1.807, 2.05) is 18.4 Å². The normalized spacial score (nSPS) is 23.2. The number of aryl methyl sites for hydroxylation is 1. The number of benzene rings is 1. The van der Waals surface area contributed by atoms with Crippen LogP contribution in [0, 0.1) is 19.8 Å². The smallest absolute Gasteiger partial charge is 0.380 e. The van der Waals surface area contributed by atoms with Crippen molar-refractivity contribution in [2.75, 3.05) is 5.32 Å². The molecule has 1 aromatic carbocycles. The number of aromatic nitrogens is 2. The molecule has 0 bridgehead atoms. The van der Waals surface area contributed by atoms with Crippen molar-refractivity contribution in [3.8, 4) is 5.69 Å². The number of alkyl halides is 3. The zero-order valence-corrected chi connectivity index (χ0v) is 13.8. The molecule has 0 saturated heterocycles. The van der Waals surface area contributed by atoms with Gasteiger partial charge in [0.1, 0.15) is 0 Å². The Bertz CT molecular complexity index is 790. The average molecular weight is 353 g/mol. The minimum atomic E-state index is -4.70. The number of aliphatic hydroxyl groups is 1. The molecule has 8 heteroatoms. The van der Waals surface area contributed by atoms with Gasteiger partial charge >= 0.3 is 6.18 Å². The van der Waals surface area contributed by atoms with Crippen molar-refractivity contribution in [2.24, 2.45) is 5.92 Å². The second kappa shape index (κ2) is 5.87. The molecule has 1 amide bonds. The third kappa shape index (κ3) is 3.13. The summed E-state index contributed by atoms with van der Waals surface area (Å²) in [7, 11) is 0. The SMILES string of the molecule is Cc1ncn(-c2ccc(NC(=O)C3CC(O)(C(F)(F)F)C3)cc2)c1C. The lowest BCUT2D eigenvalue weighted by Crippen LogP contribution is -2.57. The first-order chi connectivity index (χ1) is 11.6. The van der Waals surface area contributed by atoms with Crippen LogP contribution < -0.4 is 5.32 Å². The highest BCUT2D eigenvalue weighted by atomic mass is 19.4. The van der Waals surface area contributed by atoms with Crippen LogP contribution >= 0.6 is 0 Å². The number of hydrogen-bond acceptors (Lipinski definition) is 3. The molecule has 1 aliphatic rings. The molecule has 1 aliphatic carbocycles. The van der Waals surface area contributed by atoms with E-state index in [2.05, 4.69) is 10.3 Å². The summed E-state index contributed by atoms with van der Waals surface area (Å²) in [5, 5.41) is 12.0. The first kappa shape index (κ1) is 17.5. The topological polar surface area (TPSA) is 67.2 Å². The molecular weight excluding hydrogens is 335 g/mol. The van der Waals surface area contributed by atoms with Gasteiger partial charge in [0, 0.05) is 23.0 Å². The average Bonchev–Trinajstić information content (AvgIpc) is 2.83. The van der Waals surface area contributed by atoms with Crippen molar-refractivity contribution >= 4 is 11.6 Å². The molecule has 1 aromatic heterocycles. The molecule has 2 N–H and O–H groups in total. The third-order valence-corrected chi connectivity index (χ3v) is 4.73. The van der Waals surface area contributed by atoms with Crippen molar-refractivity contribution in [3.63, 3.8) is 0 Å². The van der Waals surface area contributed by atoms with Gasteiger partial charge < -0.3 is 15.0 Å². The summed E-state index contributed by atoms with van der Waals surface area (Å²) in [5.41, 5.74) is 0.532. The highest BCUT2D eigenvalue weighted by Crippen LogP contribution is 2.48. The summed E-state index contributed by atoms with van der Waals surface area (Å²) in [6.45, 7) is 3.84. The van der Waals surface area contributed by atoms with Crippen LogP contribution in [0.3, 0.4) is 0 Å². The Hall–Kier alpha value is -2.35. The van der Waals surface area contributed by atoms with E-state index in [0.29, 0.717) is 5.69 Å². The Morgan fingerprint density at radius 3 is 2.36 bits per heavy atom. The lowest BCUT2D eigenvalue weighted by atomic mass is 9.70. The second-order valence-corrected chi connectivity index (χ2v) is 6.46. The molecule has 0 spiro atoms. The highest BCUT2D eigenvalue weighted by molar-refractivity contribution is 5.93. The summed E-state index contributed by atoms with van der Waals surface area (Å²) in [6, 6.07) is 6.93. The Morgan fingerprint density at radius 1 is 1.28 bits per heavy atom. The Labute approximate surface area is 142 Å². The number of hydrogen-bond donors (Lipinski definition) is 2. The van der Waals surface area contributed by atoms with Crippen LogP contribution in [0.25, 0.3) is 5.69 Å². The second-order valence-electron chi connectivity index (χ2n) is 6.46. The van der Waals surface area contributed by atoms with Crippen LogP contribution in [0.2, 0.25) is 0 Å². The molecule has 0 atom stereocenters.